The second kappa shape index (κ2) is 10.8. The van der Waals surface area contributed by atoms with Crippen molar-refractivity contribution >= 4 is 22.0 Å². The van der Waals surface area contributed by atoms with Gasteiger partial charge in [-0.05, 0) is 31.5 Å². The number of sulfonamides is 1. The Morgan fingerprint density at radius 2 is 1.67 bits per heavy atom. The number of likely N-dealkylation sites (N-methyl/N-ethyl adjacent to an activating group) is 1. The molecule has 0 radical (unpaired) electrons. The molecule has 0 saturated carbocycles. The summed E-state index contributed by atoms with van der Waals surface area (Å²) in [5, 5.41) is 2.93. The topological polar surface area (TPSA) is 99.3 Å². The van der Waals surface area contributed by atoms with Crippen molar-refractivity contribution in [2.45, 2.75) is 24.8 Å². The SMILES string of the molecule is CCOC(=O)C1=C(CN2CCN(S(=O)(=O)c3ccccc3)CC2)N(C)C(=O)NC1c1ccc(C)cc1. The fourth-order valence-corrected chi connectivity index (χ4v) is 5.93. The van der Waals surface area contributed by atoms with Gasteiger partial charge in [0.25, 0.3) is 0 Å². The number of ether oxygens (including phenoxy) is 1. The maximum Gasteiger partial charge on any atom is 0.338 e. The van der Waals surface area contributed by atoms with Crippen LogP contribution in [0.4, 0.5) is 4.79 Å². The summed E-state index contributed by atoms with van der Waals surface area (Å²) in [6, 6.07) is 15.1. The molecule has 2 amide bonds. The number of benzene rings is 2. The van der Waals surface area contributed by atoms with Gasteiger partial charge in [0.05, 0.1) is 23.1 Å². The largest absolute Gasteiger partial charge is 0.463 e. The number of nitrogens with one attached hydrogen (secondary N) is 1. The van der Waals surface area contributed by atoms with Crippen LogP contribution >= 0.6 is 0 Å². The van der Waals surface area contributed by atoms with Gasteiger partial charge in [-0.25, -0.2) is 18.0 Å². The third-order valence-corrected chi connectivity index (χ3v) is 8.48. The first-order valence-electron chi connectivity index (χ1n) is 12.0. The Morgan fingerprint density at radius 1 is 1.03 bits per heavy atom. The van der Waals surface area contributed by atoms with Gasteiger partial charge < -0.3 is 10.1 Å². The molecule has 192 valence electrons. The zero-order chi connectivity index (χ0) is 25.9. The lowest BCUT2D eigenvalue weighted by molar-refractivity contribution is -0.139. The molecular formula is C26H32N4O5S. The first-order valence-corrected chi connectivity index (χ1v) is 13.4. The van der Waals surface area contributed by atoms with Crippen molar-refractivity contribution in [3.8, 4) is 0 Å². The fraction of sp³-hybridized carbons (Fsp3) is 0.385. The summed E-state index contributed by atoms with van der Waals surface area (Å²) in [6.45, 7) is 5.82. The van der Waals surface area contributed by atoms with E-state index in [0.29, 0.717) is 44.0 Å². The number of piperazine rings is 1. The maximum absolute atomic E-state index is 13.1. The van der Waals surface area contributed by atoms with E-state index in [4.69, 9.17) is 4.74 Å². The van der Waals surface area contributed by atoms with E-state index in [2.05, 4.69) is 10.2 Å². The lowest BCUT2D eigenvalue weighted by Crippen LogP contribution is -2.53. The summed E-state index contributed by atoms with van der Waals surface area (Å²) in [6.07, 6.45) is 0. The summed E-state index contributed by atoms with van der Waals surface area (Å²) >= 11 is 0. The van der Waals surface area contributed by atoms with Crippen molar-refractivity contribution in [2.24, 2.45) is 0 Å². The van der Waals surface area contributed by atoms with E-state index in [-0.39, 0.29) is 17.5 Å². The predicted octanol–water partition coefficient (Wildman–Crippen LogP) is 2.51. The number of hydrogen-bond acceptors (Lipinski definition) is 6. The maximum atomic E-state index is 13.1. The summed E-state index contributed by atoms with van der Waals surface area (Å²) in [7, 11) is -1.94. The number of carbonyl (C=O) groups excluding carboxylic acids is 2. The van der Waals surface area contributed by atoms with E-state index in [1.54, 1.807) is 44.3 Å². The quantitative estimate of drug-likeness (QED) is 0.573. The number of urea groups is 1. The molecule has 2 aromatic rings. The number of amides is 2. The highest BCUT2D eigenvalue weighted by Crippen LogP contribution is 2.32. The van der Waals surface area contributed by atoms with Crippen molar-refractivity contribution < 1.29 is 22.7 Å². The molecule has 2 aliphatic heterocycles. The second-order valence-electron chi connectivity index (χ2n) is 8.93. The Hall–Kier alpha value is -3.21. The second-order valence-corrected chi connectivity index (χ2v) is 10.9. The molecule has 0 aliphatic carbocycles. The number of hydrogen-bond donors (Lipinski definition) is 1. The van der Waals surface area contributed by atoms with E-state index in [0.717, 1.165) is 11.1 Å². The van der Waals surface area contributed by atoms with Gasteiger partial charge in [-0.15, -0.1) is 0 Å². The number of rotatable bonds is 7. The van der Waals surface area contributed by atoms with E-state index in [1.807, 2.05) is 31.2 Å². The van der Waals surface area contributed by atoms with Crippen molar-refractivity contribution in [1.82, 2.24) is 19.4 Å². The average molecular weight is 513 g/mol. The van der Waals surface area contributed by atoms with Crippen LogP contribution in [-0.4, -0.2) is 80.9 Å². The summed E-state index contributed by atoms with van der Waals surface area (Å²) in [5.74, 6) is -0.477. The number of carbonyl (C=O) groups is 2. The highest BCUT2D eigenvalue weighted by atomic mass is 32.2. The predicted molar refractivity (Wildman–Crippen MR) is 136 cm³/mol. The zero-order valence-corrected chi connectivity index (χ0v) is 21.6. The van der Waals surface area contributed by atoms with Gasteiger partial charge in [0.1, 0.15) is 0 Å². The van der Waals surface area contributed by atoms with Crippen LogP contribution in [0.3, 0.4) is 0 Å². The highest BCUT2D eigenvalue weighted by Gasteiger charge is 2.38. The fourth-order valence-electron chi connectivity index (χ4n) is 4.49. The van der Waals surface area contributed by atoms with Crippen LogP contribution in [0.15, 0.2) is 70.8 Å². The normalized spacial score (nSPS) is 19.8. The Labute approximate surface area is 212 Å². The molecule has 0 aromatic heterocycles. The number of aryl methyl sites for hydroxylation is 1. The molecule has 1 saturated heterocycles. The molecule has 0 bridgehead atoms. The van der Waals surface area contributed by atoms with Crippen molar-refractivity contribution in [3.63, 3.8) is 0 Å². The van der Waals surface area contributed by atoms with Crippen molar-refractivity contribution in [2.75, 3.05) is 46.4 Å². The van der Waals surface area contributed by atoms with Crippen LogP contribution in [0.1, 0.15) is 24.1 Å². The van der Waals surface area contributed by atoms with Gasteiger partial charge in [-0.3, -0.25) is 9.80 Å². The molecule has 1 fully saturated rings. The lowest BCUT2D eigenvalue weighted by Gasteiger charge is -2.39. The van der Waals surface area contributed by atoms with Crippen LogP contribution in [0.2, 0.25) is 0 Å². The van der Waals surface area contributed by atoms with E-state index in [1.165, 1.54) is 9.21 Å². The number of esters is 1. The summed E-state index contributed by atoms with van der Waals surface area (Å²) in [4.78, 5) is 29.8. The van der Waals surface area contributed by atoms with Gasteiger partial charge in [0.15, 0.2) is 0 Å². The smallest absolute Gasteiger partial charge is 0.338 e. The minimum atomic E-state index is -3.57. The van der Waals surface area contributed by atoms with Gasteiger partial charge in [0, 0.05) is 45.5 Å². The zero-order valence-electron chi connectivity index (χ0n) is 20.8. The summed E-state index contributed by atoms with van der Waals surface area (Å²) < 4.78 is 32.9. The first kappa shape index (κ1) is 25.9. The van der Waals surface area contributed by atoms with E-state index >= 15 is 0 Å². The molecule has 36 heavy (non-hydrogen) atoms. The van der Waals surface area contributed by atoms with Gasteiger partial charge in [-0.2, -0.15) is 4.31 Å². The average Bonchev–Trinajstić information content (AvgIpc) is 2.88. The monoisotopic (exact) mass is 512 g/mol. The first-order chi connectivity index (χ1) is 17.2. The molecule has 4 rings (SSSR count). The third kappa shape index (κ3) is 5.30. The van der Waals surface area contributed by atoms with Crippen LogP contribution < -0.4 is 5.32 Å². The number of nitrogens with zero attached hydrogens (tertiary/aromatic N) is 3. The lowest BCUT2D eigenvalue weighted by atomic mass is 9.93. The molecule has 1 unspecified atom stereocenters. The standard InChI is InChI=1S/C26H32N4O5S/c1-4-35-25(31)23-22(28(3)26(32)27-24(23)20-12-10-19(2)11-13-20)18-29-14-16-30(17-15-29)36(33,34)21-8-6-5-7-9-21/h5-13,24H,4,14-18H2,1-3H3,(H,27,32). The van der Waals surface area contributed by atoms with Crippen LogP contribution in [-0.2, 0) is 19.6 Å². The molecule has 1 N–H and O–H groups in total. The third-order valence-electron chi connectivity index (χ3n) is 6.57. The van der Waals surface area contributed by atoms with Crippen molar-refractivity contribution in [3.05, 3.63) is 77.0 Å². The molecule has 2 heterocycles. The Balaban J connectivity index is 1.59. The molecule has 1 atom stereocenters. The Bertz CT molecular complexity index is 1240. The van der Waals surface area contributed by atoms with Crippen LogP contribution in [0.5, 0.6) is 0 Å². The van der Waals surface area contributed by atoms with Crippen LogP contribution in [0.25, 0.3) is 0 Å². The molecule has 2 aromatic carbocycles. The highest BCUT2D eigenvalue weighted by molar-refractivity contribution is 7.89. The Kier molecular flexibility index (Phi) is 7.77. The minimum Gasteiger partial charge on any atom is -0.463 e. The van der Waals surface area contributed by atoms with Gasteiger partial charge in [0.2, 0.25) is 10.0 Å². The molecule has 9 nitrogen and oxygen atoms in total. The minimum absolute atomic E-state index is 0.212. The molecule has 10 heteroatoms. The van der Waals surface area contributed by atoms with E-state index in [9.17, 15) is 18.0 Å². The molecule has 0 spiro atoms. The Morgan fingerprint density at radius 3 is 2.28 bits per heavy atom. The van der Waals surface area contributed by atoms with Crippen molar-refractivity contribution in [1.29, 1.82) is 0 Å². The van der Waals surface area contributed by atoms with Gasteiger partial charge >= 0.3 is 12.0 Å². The summed E-state index contributed by atoms with van der Waals surface area (Å²) in [5.41, 5.74) is 2.81. The van der Waals surface area contributed by atoms with E-state index < -0.39 is 22.0 Å². The van der Waals surface area contributed by atoms with Crippen LogP contribution in [0, 0.1) is 6.92 Å². The van der Waals surface area contributed by atoms with Gasteiger partial charge in [-0.1, -0.05) is 48.0 Å². The molecule has 2 aliphatic rings. The molecular weight excluding hydrogens is 480 g/mol.